The molecule has 0 saturated carbocycles. The Labute approximate surface area is 203 Å². The van der Waals surface area contributed by atoms with Crippen molar-refractivity contribution in [2.24, 2.45) is 0 Å². The van der Waals surface area contributed by atoms with Crippen LogP contribution in [0.5, 0.6) is 0 Å². The fourth-order valence-corrected chi connectivity index (χ4v) is 2.21. The van der Waals surface area contributed by atoms with Crippen LogP contribution in [0, 0.1) is 23.8 Å². The zero-order valence-corrected chi connectivity index (χ0v) is 20.1. The summed E-state index contributed by atoms with van der Waals surface area (Å²) in [5.41, 5.74) is 2.84. The minimum atomic E-state index is -10.7. The summed E-state index contributed by atoms with van der Waals surface area (Å²) in [4.78, 5) is 8.08. The minimum Gasteiger partial charge on any atom is -0.305 e. The third-order valence-electron chi connectivity index (χ3n) is 3.41. The zero-order chi connectivity index (χ0) is 24.6. The van der Waals surface area contributed by atoms with E-state index >= 15 is 0 Å². The summed E-state index contributed by atoms with van der Waals surface area (Å²) in [5.74, 6) is -0.551. The van der Waals surface area contributed by atoms with Gasteiger partial charge in [0.25, 0.3) is 0 Å². The SMILES string of the molecule is F[P-](F)(F)(F)(F)F.Fc1ccnc(-c2[c-]cccc2)c1.Fc1ccnc(-c2[c-]cccc2)c1.[Ir+3]. The summed E-state index contributed by atoms with van der Waals surface area (Å²) < 4.78 is 84.8. The van der Waals surface area contributed by atoms with Crippen LogP contribution < -0.4 is 0 Å². The van der Waals surface area contributed by atoms with Crippen molar-refractivity contribution < 1.29 is 54.1 Å². The first-order valence-electron chi connectivity index (χ1n) is 8.91. The Kier molecular flexibility index (Phi) is 9.58. The van der Waals surface area contributed by atoms with E-state index in [9.17, 15) is 34.0 Å². The molecular formula is C22H14F8IrN2P. The largest absolute Gasteiger partial charge is 3.00 e. The molecule has 4 rings (SSSR count). The van der Waals surface area contributed by atoms with Crippen molar-refractivity contribution in [1.29, 1.82) is 0 Å². The smallest absolute Gasteiger partial charge is 0.305 e. The molecule has 0 fully saturated rings. The Morgan fingerprint density at radius 1 is 0.588 bits per heavy atom. The molecule has 2 aromatic heterocycles. The van der Waals surface area contributed by atoms with Crippen LogP contribution in [0.25, 0.3) is 22.5 Å². The first-order valence-corrected chi connectivity index (χ1v) is 10.9. The van der Waals surface area contributed by atoms with Crippen molar-refractivity contribution in [1.82, 2.24) is 9.97 Å². The maximum atomic E-state index is 12.8. The topological polar surface area (TPSA) is 25.8 Å². The number of rotatable bonds is 2. The molecule has 0 saturated heterocycles. The number of aromatic nitrogens is 2. The summed E-state index contributed by atoms with van der Waals surface area (Å²) in [6.07, 6.45) is 2.90. The first-order chi connectivity index (χ1) is 15.2. The average molecular weight is 682 g/mol. The molecule has 0 atom stereocenters. The van der Waals surface area contributed by atoms with Crippen LogP contribution in [0.15, 0.2) is 85.2 Å². The molecule has 34 heavy (non-hydrogen) atoms. The van der Waals surface area contributed by atoms with E-state index in [-0.39, 0.29) is 31.7 Å². The average Bonchev–Trinajstić information content (AvgIpc) is 2.73. The molecule has 4 aromatic rings. The van der Waals surface area contributed by atoms with Gasteiger partial charge in [-0.3, -0.25) is 0 Å². The molecule has 12 heteroatoms. The van der Waals surface area contributed by atoms with Gasteiger partial charge in [0.1, 0.15) is 11.6 Å². The van der Waals surface area contributed by atoms with Gasteiger partial charge >= 0.3 is 53.1 Å². The summed E-state index contributed by atoms with van der Waals surface area (Å²) in [7, 11) is -10.7. The molecule has 2 nitrogen and oxygen atoms in total. The summed E-state index contributed by atoms with van der Waals surface area (Å²) in [6, 6.07) is 26.1. The monoisotopic (exact) mass is 682 g/mol. The third kappa shape index (κ3) is 13.7. The molecule has 0 amide bonds. The molecule has 0 radical (unpaired) electrons. The second-order valence-electron chi connectivity index (χ2n) is 6.23. The molecule has 0 bridgehead atoms. The Bertz CT molecular complexity index is 1080. The standard InChI is InChI=1S/2C11H7FN.F6P.Ir/c2*12-10-6-7-13-11(8-10)9-4-2-1-3-5-9;1-7(2,3,4,5)6;/h2*1-4,6-8H;;/q3*-1;+3. The predicted molar refractivity (Wildman–Crippen MR) is 111 cm³/mol. The van der Waals surface area contributed by atoms with Crippen molar-refractivity contribution >= 4 is 7.81 Å². The van der Waals surface area contributed by atoms with E-state index in [2.05, 4.69) is 22.1 Å². The quantitative estimate of drug-likeness (QED) is 0.120. The van der Waals surface area contributed by atoms with Gasteiger partial charge in [-0.05, 0) is 35.7 Å². The van der Waals surface area contributed by atoms with Gasteiger partial charge in [-0.2, -0.15) is 0 Å². The molecule has 0 N–H and O–H groups in total. The minimum absolute atomic E-state index is 0. The van der Waals surface area contributed by atoms with Gasteiger partial charge in [-0.1, -0.05) is 0 Å². The number of nitrogens with zero attached hydrogens (tertiary/aromatic N) is 2. The molecule has 0 aliphatic rings. The van der Waals surface area contributed by atoms with Crippen LogP contribution in [0.2, 0.25) is 0 Å². The third-order valence-corrected chi connectivity index (χ3v) is 3.41. The molecule has 0 spiro atoms. The number of hydrogen-bond donors (Lipinski definition) is 0. The van der Waals surface area contributed by atoms with Crippen molar-refractivity contribution in [2.75, 3.05) is 0 Å². The van der Waals surface area contributed by atoms with Crippen LogP contribution in [0.3, 0.4) is 0 Å². The van der Waals surface area contributed by atoms with E-state index in [4.69, 9.17) is 0 Å². The fraction of sp³-hybridized carbons (Fsp3) is 0. The maximum absolute atomic E-state index is 12.8. The molecule has 0 aliphatic heterocycles. The fourth-order valence-electron chi connectivity index (χ4n) is 2.21. The van der Waals surface area contributed by atoms with Gasteiger partial charge in [0.2, 0.25) is 0 Å². The predicted octanol–water partition coefficient (Wildman–Crippen LogP) is 8.76. The number of halogens is 8. The van der Waals surface area contributed by atoms with Gasteiger partial charge < -0.3 is 9.97 Å². The Morgan fingerprint density at radius 3 is 1.21 bits per heavy atom. The van der Waals surface area contributed by atoms with Crippen LogP contribution in [0.4, 0.5) is 34.0 Å². The molecule has 182 valence electrons. The maximum Gasteiger partial charge on any atom is 3.00 e. The van der Waals surface area contributed by atoms with Gasteiger partial charge in [0, 0.05) is 12.4 Å². The van der Waals surface area contributed by atoms with Crippen molar-refractivity contribution in [3.05, 3.63) is 109 Å². The Morgan fingerprint density at radius 2 is 0.941 bits per heavy atom. The molecule has 0 aliphatic carbocycles. The van der Waals surface area contributed by atoms with Gasteiger partial charge in [0.15, 0.2) is 0 Å². The normalized spacial score (nSPS) is 12.4. The van der Waals surface area contributed by atoms with E-state index in [0.717, 1.165) is 11.1 Å². The second kappa shape index (κ2) is 11.1. The van der Waals surface area contributed by atoms with Gasteiger partial charge in [-0.25, -0.2) is 8.78 Å². The number of pyridine rings is 2. The van der Waals surface area contributed by atoms with E-state index in [0.29, 0.717) is 11.4 Å². The number of benzene rings is 2. The van der Waals surface area contributed by atoms with Crippen molar-refractivity contribution in [3.8, 4) is 22.5 Å². The van der Waals surface area contributed by atoms with Crippen molar-refractivity contribution in [2.45, 2.75) is 0 Å². The second-order valence-corrected chi connectivity index (χ2v) is 8.15. The zero-order valence-electron chi connectivity index (χ0n) is 16.8. The molecule has 2 aromatic carbocycles. The molecule has 0 unspecified atom stereocenters. The van der Waals surface area contributed by atoms with Crippen LogP contribution in [0.1, 0.15) is 0 Å². The van der Waals surface area contributed by atoms with E-state index < -0.39 is 7.81 Å². The molecular weight excluding hydrogens is 667 g/mol. The van der Waals surface area contributed by atoms with Crippen LogP contribution in [-0.2, 0) is 20.1 Å². The summed E-state index contributed by atoms with van der Waals surface area (Å²) in [6.45, 7) is 0. The van der Waals surface area contributed by atoms with Gasteiger partial charge in [-0.15, -0.1) is 71.8 Å². The van der Waals surface area contributed by atoms with E-state index in [1.165, 1.54) is 36.7 Å². The van der Waals surface area contributed by atoms with Crippen LogP contribution >= 0.6 is 7.81 Å². The van der Waals surface area contributed by atoms with Gasteiger partial charge in [0.05, 0.1) is 0 Å². The van der Waals surface area contributed by atoms with Crippen LogP contribution in [-0.4, -0.2) is 9.97 Å². The Hall–Kier alpha value is -2.74. The first kappa shape index (κ1) is 29.3. The number of hydrogen-bond acceptors (Lipinski definition) is 2. The molecule has 2 heterocycles. The summed E-state index contributed by atoms with van der Waals surface area (Å²) in [5, 5.41) is 0. The van der Waals surface area contributed by atoms with E-state index in [1.807, 2.05) is 36.4 Å². The van der Waals surface area contributed by atoms with Crippen molar-refractivity contribution in [3.63, 3.8) is 0 Å². The Balaban J connectivity index is 0.000000264. The summed E-state index contributed by atoms with van der Waals surface area (Å²) >= 11 is 0. The van der Waals surface area contributed by atoms with E-state index in [1.54, 1.807) is 12.1 Å².